The summed E-state index contributed by atoms with van der Waals surface area (Å²) < 4.78 is 147. The predicted molar refractivity (Wildman–Crippen MR) is 396 cm³/mol. The maximum absolute atomic E-state index is 14.4. The van der Waals surface area contributed by atoms with Gasteiger partial charge in [0.1, 0.15) is 35.6 Å². The summed E-state index contributed by atoms with van der Waals surface area (Å²) in [5.41, 5.74) is 7.75. The van der Waals surface area contributed by atoms with Crippen molar-refractivity contribution in [3.63, 3.8) is 0 Å². The lowest BCUT2D eigenvalue weighted by Crippen LogP contribution is -2.42. The van der Waals surface area contributed by atoms with Crippen LogP contribution in [0.3, 0.4) is 0 Å². The number of alkyl halides is 6. The van der Waals surface area contributed by atoms with Crippen molar-refractivity contribution in [3.8, 4) is 0 Å². The standard InChI is InChI=1S/C24H25BrF3N5O4.C24H24BrF3N4O4S.C23H23BrF3N5O3S/c1-3-37-23(36)19-17(11-33-12-24(27,28)10-14(33)9-18(34)35)30-21(22-29-6-7-32(22)2)31-20(19)15-5-4-13(26)8-16(15)25;1-2-36-23(35)19-17(11-32-12-24(27,28)10-14(32)4-6-18(33)34)30-21(22-29-7-8-37-22)31-20(19)15-5-3-13(26)9-16(15)25;1-2-35-22(34)18-16(10-32-11-23(26,27)9-13(32)8-17(28)33)30-20(21-29-5-6-36-21)31-19(18)14-4-3-12(25)7-15(14)24/h4-8,14,20H,3,9-12H2,1-2H3,(H,30,31)(H,34,35);3,5,7-9,14,20H,2,4,6,10-12H2,1H3,(H,30,31)(H,33,34);3-7,13,19H,2,8-11H2,1H3,(H2,28,33)(H,30,31). The summed E-state index contributed by atoms with van der Waals surface area (Å²) in [7, 11) is 1.74. The lowest BCUT2D eigenvalue weighted by molar-refractivity contribution is -0.140. The smallest absolute Gasteiger partial charge is 0.338 e. The molecule has 6 aliphatic heterocycles. The van der Waals surface area contributed by atoms with Crippen LogP contribution in [0.4, 0.5) is 39.5 Å². The first-order chi connectivity index (χ1) is 52.1. The third-order valence-electron chi connectivity index (χ3n) is 18.0. The first-order valence-electron chi connectivity index (χ1n) is 34.1. The van der Waals surface area contributed by atoms with E-state index in [1.54, 1.807) is 67.9 Å². The Morgan fingerprint density at radius 2 is 0.900 bits per heavy atom. The first-order valence-corrected chi connectivity index (χ1v) is 38.2. The molecule has 588 valence electrons. The number of carbonyl (C=O) groups excluding carboxylic acids is 4. The molecule has 0 saturated carbocycles. The number of thiazole rings is 2. The van der Waals surface area contributed by atoms with Gasteiger partial charge in [-0.3, -0.25) is 44.1 Å². The van der Waals surface area contributed by atoms with Crippen LogP contribution in [-0.4, -0.2) is 193 Å². The van der Waals surface area contributed by atoms with E-state index in [1.807, 2.05) is 0 Å². The number of carboxylic acid groups (broad SMARTS) is 2. The fourth-order valence-electron chi connectivity index (χ4n) is 13.4. The summed E-state index contributed by atoms with van der Waals surface area (Å²) in [6.45, 7) is 2.81. The second-order valence-electron chi connectivity index (χ2n) is 25.9. The molecule has 6 aromatic rings. The van der Waals surface area contributed by atoms with Crippen molar-refractivity contribution in [2.45, 2.75) is 120 Å². The molecule has 0 aliphatic carbocycles. The number of ether oxygens (including phenoxy) is 3. The number of rotatable bonds is 25. The van der Waals surface area contributed by atoms with Crippen molar-refractivity contribution in [3.05, 3.63) is 187 Å². The van der Waals surface area contributed by atoms with Gasteiger partial charge in [0.2, 0.25) is 5.91 Å². The number of carboxylic acids is 2. The number of amidine groups is 3. The molecule has 39 heteroatoms. The number of aliphatic imine (C=N–C) groups is 3. The van der Waals surface area contributed by atoms with E-state index < -0.39 is 153 Å². The molecule has 3 aromatic carbocycles. The number of aliphatic carboxylic acids is 2. The first kappa shape index (κ1) is 83.7. The average Bonchev–Trinajstić information content (AvgIpc) is 1.13. The highest BCUT2D eigenvalue weighted by atomic mass is 79.9. The van der Waals surface area contributed by atoms with Crippen LogP contribution in [0, 0.1) is 17.5 Å². The van der Waals surface area contributed by atoms with Gasteiger partial charge in [0.05, 0.1) is 62.6 Å². The Morgan fingerprint density at radius 1 is 0.536 bits per heavy atom. The average molecular weight is 1770 g/mol. The molecule has 0 radical (unpaired) electrons. The van der Waals surface area contributed by atoms with Gasteiger partial charge in [0, 0.05) is 143 Å². The maximum atomic E-state index is 14.4. The number of benzene rings is 3. The number of esters is 3. The van der Waals surface area contributed by atoms with E-state index in [4.69, 9.17) is 40.0 Å². The Balaban J connectivity index is 0.000000176. The zero-order valence-electron chi connectivity index (χ0n) is 58.9. The lowest BCUT2D eigenvalue weighted by atomic mass is 9.95. The van der Waals surface area contributed by atoms with Gasteiger partial charge >= 0.3 is 29.8 Å². The molecule has 6 unspecified atom stereocenters. The molecule has 7 N–H and O–H groups in total. The summed E-state index contributed by atoms with van der Waals surface area (Å²) in [5, 5.41) is 32.1. The van der Waals surface area contributed by atoms with Crippen LogP contribution < -0.4 is 21.7 Å². The van der Waals surface area contributed by atoms with Crippen LogP contribution in [0.15, 0.2) is 152 Å². The number of hydrogen-bond acceptors (Lipinski definition) is 23. The van der Waals surface area contributed by atoms with Gasteiger partial charge in [0.25, 0.3) is 17.8 Å². The maximum Gasteiger partial charge on any atom is 0.338 e. The minimum absolute atomic E-state index is 0.0350. The molecule has 3 aromatic heterocycles. The zero-order valence-corrected chi connectivity index (χ0v) is 65.3. The summed E-state index contributed by atoms with van der Waals surface area (Å²) in [6.07, 6.45) is 3.82. The van der Waals surface area contributed by atoms with Crippen molar-refractivity contribution in [2.75, 3.05) is 59.1 Å². The van der Waals surface area contributed by atoms with E-state index in [9.17, 15) is 73.4 Å². The van der Waals surface area contributed by atoms with Crippen molar-refractivity contribution in [1.82, 2.24) is 50.2 Å². The number of likely N-dealkylation sites (tertiary alicyclic amines) is 3. The molecule has 6 aliphatic rings. The normalized spacial score (nSPS) is 21.6. The Hall–Kier alpha value is -8.73. The molecule has 6 atom stereocenters. The third kappa shape index (κ3) is 20.9. The molecule has 0 bridgehead atoms. The number of aryl methyl sites for hydroxylation is 1. The predicted octanol–water partition coefficient (Wildman–Crippen LogP) is 11.5. The number of nitrogens with zero attached hydrogens (tertiary/aromatic N) is 10. The Morgan fingerprint density at radius 3 is 1.23 bits per heavy atom. The van der Waals surface area contributed by atoms with Crippen LogP contribution in [0.5, 0.6) is 0 Å². The topological polar surface area (TPSA) is 323 Å². The van der Waals surface area contributed by atoms with Crippen LogP contribution in [0.25, 0.3) is 0 Å². The number of carbonyl (C=O) groups is 6. The number of halogens is 12. The van der Waals surface area contributed by atoms with Gasteiger partial charge < -0.3 is 50.7 Å². The van der Waals surface area contributed by atoms with Gasteiger partial charge in [-0.15, -0.1) is 22.7 Å². The Labute approximate surface area is 656 Å². The number of primary amides is 1. The largest absolute Gasteiger partial charge is 0.481 e. The van der Waals surface area contributed by atoms with Crippen molar-refractivity contribution in [2.24, 2.45) is 27.8 Å². The van der Waals surface area contributed by atoms with Gasteiger partial charge in [-0.05, 0) is 80.3 Å². The van der Waals surface area contributed by atoms with Crippen molar-refractivity contribution in [1.29, 1.82) is 0 Å². The highest BCUT2D eigenvalue weighted by Crippen LogP contribution is 2.44. The van der Waals surface area contributed by atoms with Crippen LogP contribution in [0.1, 0.15) is 116 Å². The lowest BCUT2D eigenvalue weighted by Gasteiger charge is -2.31. The highest BCUT2D eigenvalue weighted by Gasteiger charge is 2.50. The highest BCUT2D eigenvalue weighted by molar-refractivity contribution is 9.11. The molecular weight excluding hydrogens is 1700 g/mol. The number of nitrogens with two attached hydrogens (primary N) is 1. The van der Waals surface area contributed by atoms with E-state index in [2.05, 4.69) is 78.7 Å². The Kier molecular flexibility index (Phi) is 27.5. The summed E-state index contributed by atoms with van der Waals surface area (Å²) in [4.78, 5) is 105. The molecule has 12 rings (SSSR count). The van der Waals surface area contributed by atoms with Gasteiger partial charge in [-0.25, -0.2) is 68.8 Å². The quantitative estimate of drug-likeness (QED) is 0.0176. The molecule has 9 heterocycles. The molecule has 3 fully saturated rings. The number of imidazole rings is 1. The number of nitrogens with one attached hydrogen (secondary N) is 3. The molecule has 1 amide bonds. The minimum atomic E-state index is -3.09. The Bertz CT molecular complexity index is 4650. The minimum Gasteiger partial charge on any atom is -0.481 e. The zero-order chi connectivity index (χ0) is 79.7. The monoisotopic (exact) mass is 1770 g/mol. The molecule has 25 nitrogen and oxygen atoms in total. The SMILES string of the molecule is CCOC(=O)C1=C(CN2CC(F)(F)CC2CC(=O)O)NC(c2nccn2C)=NC1c1ccc(F)cc1Br.CCOC(=O)C1=C(CN2CC(F)(F)CC2CC(N)=O)NC(c2nccs2)=NC1c1ccc(F)cc1Br.CCOC(=O)C1=C(CN2CC(F)(F)CC2CCC(=O)O)NC(c2nccs2)=NC1c1ccc(F)cc1Br. The third-order valence-corrected chi connectivity index (χ3v) is 21.6. The van der Waals surface area contributed by atoms with Crippen molar-refractivity contribution < 1.29 is 92.7 Å². The summed E-state index contributed by atoms with van der Waals surface area (Å²) >= 11 is 12.6. The molecule has 3 saturated heterocycles. The fraction of sp³-hybridized carbons (Fsp3) is 0.408. The van der Waals surface area contributed by atoms with Crippen LogP contribution >= 0.6 is 70.5 Å². The van der Waals surface area contributed by atoms with E-state index in [0.29, 0.717) is 57.6 Å². The number of amides is 1. The summed E-state index contributed by atoms with van der Waals surface area (Å²) in [6, 6.07) is 6.59. The fourth-order valence-corrected chi connectivity index (χ4v) is 16.3. The second-order valence-corrected chi connectivity index (χ2v) is 30.3. The second kappa shape index (κ2) is 36.2. The van der Waals surface area contributed by atoms with Gasteiger partial charge in [0.15, 0.2) is 33.3 Å². The van der Waals surface area contributed by atoms with Gasteiger partial charge in [-0.2, -0.15) is 0 Å². The van der Waals surface area contributed by atoms with Gasteiger partial charge in [-0.1, -0.05) is 66.0 Å². The van der Waals surface area contributed by atoms with Crippen LogP contribution in [-0.2, 0) is 50.0 Å². The van der Waals surface area contributed by atoms with E-state index in [1.165, 1.54) is 92.0 Å². The molecular formula is C71H72Br3F9N14O11S2. The van der Waals surface area contributed by atoms with Crippen LogP contribution in [0.2, 0.25) is 0 Å². The number of hydrogen-bond donors (Lipinski definition) is 6. The van der Waals surface area contributed by atoms with E-state index in [-0.39, 0.29) is 98.4 Å². The molecule has 110 heavy (non-hydrogen) atoms. The molecule has 0 spiro atoms. The number of aromatic nitrogens is 4. The van der Waals surface area contributed by atoms with Crippen molar-refractivity contribution >= 4 is 124 Å². The van der Waals surface area contributed by atoms with E-state index >= 15 is 0 Å². The summed E-state index contributed by atoms with van der Waals surface area (Å²) in [5.74, 6) is -14.4. The van der Waals surface area contributed by atoms with E-state index in [0.717, 1.165) is 0 Å².